The van der Waals surface area contributed by atoms with Crippen LogP contribution in [0.4, 0.5) is 23.2 Å². The van der Waals surface area contributed by atoms with Gasteiger partial charge in [0.25, 0.3) is 5.91 Å². The Morgan fingerprint density at radius 3 is 2.39 bits per heavy atom. The minimum absolute atomic E-state index is 0.0384. The van der Waals surface area contributed by atoms with Crippen molar-refractivity contribution in [3.05, 3.63) is 108 Å². The molecule has 0 radical (unpaired) electrons. The maximum absolute atomic E-state index is 13.6. The van der Waals surface area contributed by atoms with Gasteiger partial charge in [-0.05, 0) is 49.4 Å². The molecule has 3 aromatic heterocycles. The molecule has 0 atom stereocenters. The van der Waals surface area contributed by atoms with Crippen molar-refractivity contribution in [2.24, 2.45) is 0 Å². The average Bonchev–Trinajstić information content (AvgIpc) is 3.29. The molecule has 0 aliphatic heterocycles. The minimum Gasteiger partial charge on any atom is -0.322 e. The van der Waals surface area contributed by atoms with Crippen molar-refractivity contribution >= 4 is 17.1 Å². The summed E-state index contributed by atoms with van der Waals surface area (Å²) in [5.41, 5.74) is 2.19. The number of amides is 1. The predicted octanol–water partition coefficient (Wildman–Crippen LogP) is 6.78. The number of fused-ring (bicyclic) bond motifs is 1. The summed E-state index contributed by atoms with van der Waals surface area (Å²) in [7, 11) is 0. The van der Waals surface area contributed by atoms with Gasteiger partial charge in [0, 0.05) is 34.8 Å². The number of hydrogen-bond donors (Lipinski definition) is 1. The van der Waals surface area contributed by atoms with Gasteiger partial charge in [-0.1, -0.05) is 24.3 Å². The first kappa shape index (κ1) is 23.2. The van der Waals surface area contributed by atoms with Crippen molar-refractivity contribution in [3.63, 3.8) is 0 Å². The molecule has 0 aliphatic carbocycles. The van der Waals surface area contributed by atoms with Crippen LogP contribution >= 0.6 is 0 Å². The van der Waals surface area contributed by atoms with E-state index in [-0.39, 0.29) is 11.4 Å². The average molecular weight is 490 g/mol. The number of anilines is 1. The third kappa shape index (κ3) is 4.31. The number of halogens is 4. The number of nitrogens with zero attached hydrogens (tertiary/aromatic N) is 3. The van der Waals surface area contributed by atoms with Gasteiger partial charge in [0.2, 0.25) is 0 Å². The monoisotopic (exact) mass is 490 g/mol. The van der Waals surface area contributed by atoms with E-state index in [1.54, 1.807) is 41.9 Å². The molecule has 0 unspecified atom stereocenters. The SMILES string of the molecule is Cc1ncc(-c2cccn3c(-c4ccccc4C(F)(F)F)ncc23)cc1C(=O)Nc1ccc(F)cc1. The van der Waals surface area contributed by atoms with E-state index in [9.17, 15) is 22.4 Å². The van der Waals surface area contributed by atoms with Crippen LogP contribution < -0.4 is 5.32 Å². The molecular formula is C27H18F4N4O. The summed E-state index contributed by atoms with van der Waals surface area (Å²) in [6.45, 7) is 1.69. The Kier molecular flexibility index (Phi) is 5.75. The second-order valence-electron chi connectivity index (χ2n) is 8.12. The Balaban J connectivity index is 1.56. The fourth-order valence-corrected chi connectivity index (χ4v) is 4.03. The Bertz CT molecular complexity index is 1590. The maximum atomic E-state index is 13.6. The minimum atomic E-state index is -4.53. The number of aromatic nitrogens is 3. The molecule has 1 N–H and O–H groups in total. The molecule has 180 valence electrons. The van der Waals surface area contributed by atoms with E-state index < -0.39 is 23.5 Å². The summed E-state index contributed by atoms with van der Waals surface area (Å²) in [5.74, 6) is -0.693. The summed E-state index contributed by atoms with van der Waals surface area (Å²) in [5, 5.41) is 2.72. The first-order chi connectivity index (χ1) is 17.2. The number of alkyl halides is 3. The summed E-state index contributed by atoms with van der Waals surface area (Å²) in [4.78, 5) is 21.6. The van der Waals surface area contributed by atoms with Crippen molar-refractivity contribution in [1.82, 2.24) is 14.4 Å². The van der Waals surface area contributed by atoms with E-state index in [1.165, 1.54) is 48.7 Å². The summed E-state index contributed by atoms with van der Waals surface area (Å²) >= 11 is 0. The molecule has 0 fully saturated rings. The van der Waals surface area contributed by atoms with Crippen molar-refractivity contribution in [1.29, 1.82) is 0 Å². The second kappa shape index (κ2) is 8.92. The molecule has 1 amide bonds. The Morgan fingerprint density at radius 1 is 0.917 bits per heavy atom. The number of nitrogens with one attached hydrogen (secondary N) is 1. The van der Waals surface area contributed by atoms with Crippen LogP contribution in [-0.2, 0) is 6.18 Å². The zero-order valence-electron chi connectivity index (χ0n) is 18.8. The van der Waals surface area contributed by atoms with Crippen LogP contribution in [0.25, 0.3) is 28.0 Å². The molecule has 0 saturated carbocycles. The lowest BCUT2D eigenvalue weighted by atomic mass is 10.0. The van der Waals surface area contributed by atoms with Crippen LogP contribution in [0.1, 0.15) is 21.6 Å². The van der Waals surface area contributed by atoms with Gasteiger partial charge in [-0.2, -0.15) is 13.2 Å². The van der Waals surface area contributed by atoms with Gasteiger partial charge < -0.3 is 5.32 Å². The zero-order chi connectivity index (χ0) is 25.4. The van der Waals surface area contributed by atoms with E-state index in [0.29, 0.717) is 33.6 Å². The van der Waals surface area contributed by atoms with Gasteiger partial charge in [0.05, 0.1) is 28.5 Å². The highest BCUT2D eigenvalue weighted by Crippen LogP contribution is 2.37. The number of rotatable bonds is 4. The summed E-state index contributed by atoms with van der Waals surface area (Å²) in [6, 6.07) is 15.8. The topological polar surface area (TPSA) is 59.3 Å². The molecule has 5 aromatic rings. The third-order valence-corrected chi connectivity index (χ3v) is 5.79. The molecule has 36 heavy (non-hydrogen) atoms. The van der Waals surface area contributed by atoms with E-state index >= 15 is 0 Å². The Hall–Kier alpha value is -4.53. The molecule has 3 heterocycles. The van der Waals surface area contributed by atoms with Crippen LogP contribution in [0, 0.1) is 12.7 Å². The van der Waals surface area contributed by atoms with Gasteiger partial charge in [0.15, 0.2) is 0 Å². The Labute approximate surface area is 203 Å². The fourth-order valence-electron chi connectivity index (χ4n) is 4.03. The smallest absolute Gasteiger partial charge is 0.322 e. The van der Waals surface area contributed by atoms with Crippen LogP contribution in [0.5, 0.6) is 0 Å². The molecule has 0 saturated heterocycles. The van der Waals surface area contributed by atoms with Crippen LogP contribution in [0.3, 0.4) is 0 Å². The molecule has 5 rings (SSSR count). The van der Waals surface area contributed by atoms with Crippen molar-refractivity contribution in [3.8, 4) is 22.5 Å². The van der Waals surface area contributed by atoms with E-state index in [0.717, 1.165) is 6.07 Å². The number of carbonyl (C=O) groups excluding carboxylic acids is 1. The van der Waals surface area contributed by atoms with E-state index in [2.05, 4.69) is 15.3 Å². The quantitative estimate of drug-likeness (QED) is 0.283. The van der Waals surface area contributed by atoms with Crippen molar-refractivity contribution in [2.75, 3.05) is 5.32 Å². The molecule has 0 aliphatic rings. The van der Waals surface area contributed by atoms with E-state index in [1.807, 2.05) is 0 Å². The van der Waals surface area contributed by atoms with Crippen LogP contribution in [0.15, 0.2) is 85.3 Å². The van der Waals surface area contributed by atoms with Gasteiger partial charge >= 0.3 is 6.18 Å². The first-order valence-electron chi connectivity index (χ1n) is 10.9. The number of carbonyl (C=O) groups is 1. The normalized spacial score (nSPS) is 11.6. The van der Waals surface area contributed by atoms with Gasteiger partial charge in [-0.25, -0.2) is 9.37 Å². The number of aryl methyl sites for hydroxylation is 1. The number of hydrogen-bond acceptors (Lipinski definition) is 3. The highest BCUT2D eigenvalue weighted by atomic mass is 19.4. The predicted molar refractivity (Wildman–Crippen MR) is 128 cm³/mol. The number of pyridine rings is 2. The van der Waals surface area contributed by atoms with Crippen LogP contribution in [-0.4, -0.2) is 20.3 Å². The maximum Gasteiger partial charge on any atom is 0.417 e. The molecule has 0 spiro atoms. The highest BCUT2D eigenvalue weighted by Gasteiger charge is 2.34. The molecule has 9 heteroatoms. The Morgan fingerprint density at radius 2 is 1.64 bits per heavy atom. The largest absolute Gasteiger partial charge is 0.417 e. The van der Waals surface area contributed by atoms with E-state index in [4.69, 9.17) is 0 Å². The zero-order valence-corrected chi connectivity index (χ0v) is 18.8. The number of benzene rings is 2. The van der Waals surface area contributed by atoms with Crippen molar-refractivity contribution < 1.29 is 22.4 Å². The van der Waals surface area contributed by atoms with Crippen molar-refractivity contribution in [2.45, 2.75) is 13.1 Å². The third-order valence-electron chi connectivity index (χ3n) is 5.79. The molecule has 5 nitrogen and oxygen atoms in total. The lowest BCUT2D eigenvalue weighted by Gasteiger charge is -2.13. The summed E-state index contributed by atoms with van der Waals surface area (Å²) < 4.78 is 55.6. The lowest BCUT2D eigenvalue weighted by molar-refractivity contribution is -0.137. The second-order valence-corrected chi connectivity index (χ2v) is 8.12. The molecule has 2 aromatic carbocycles. The summed E-state index contributed by atoms with van der Waals surface area (Å²) in [6.07, 6.45) is 0.192. The van der Waals surface area contributed by atoms with Gasteiger partial charge in [0.1, 0.15) is 11.6 Å². The standard InChI is InChI=1S/C27H18F4N4O/c1-16-22(26(36)34-19-10-8-18(28)9-11-19)13-17(14-32-16)20-6-4-12-35-24(20)15-33-25(35)21-5-2-3-7-23(21)27(29,30)31/h2-15H,1H3,(H,34,36). The molecular weight excluding hydrogens is 472 g/mol. The highest BCUT2D eigenvalue weighted by molar-refractivity contribution is 6.05. The lowest BCUT2D eigenvalue weighted by Crippen LogP contribution is -2.14. The number of imidazole rings is 1. The fraction of sp³-hybridized carbons (Fsp3) is 0.0741. The van der Waals surface area contributed by atoms with Gasteiger partial charge in [-0.15, -0.1) is 0 Å². The van der Waals surface area contributed by atoms with Crippen LogP contribution in [0.2, 0.25) is 0 Å². The molecule has 0 bridgehead atoms. The first-order valence-corrected chi connectivity index (χ1v) is 10.9. The van der Waals surface area contributed by atoms with Gasteiger partial charge in [-0.3, -0.25) is 14.2 Å².